The van der Waals surface area contributed by atoms with Crippen LogP contribution in [0, 0.1) is 0 Å². The Morgan fingerprint density at radius 3 is 2.48 bits per heavy atom. The lowest BCUT2D eigenvalue weighted by molar-refractivity contribution is -0.146. The Morgan fingerprint density at radius 1 is 0.926 bits per heavy atom. The first-order valence-corrected chi connectivity index (χ1v) is 8.80. The Hall–Kier alpha value is -3.34. The van der Waals surface area contributed by atoms with Crippen LogP contribution in [0.4, 0.5) is 5.69 Å². The van der Waals surface area contributed by atoms with E-state index in [1.54, 1.807) is 18.2 Å². The molecule has 3 aromatic carbocycles. The molecule has 0 aromatic heterocycles. The van der Waals surface area contributed by atoms with Gasteiger partial charge in [-0.25, -0.2) is 0 Å². The van der Waals surface area contributed by atoms with E-state index in [0.717, 1.165) is 16.3 Å². The first-order valence-electron chi connectivity index (χ1n) is 8.80. The van der Waals surface area contributed by atoms with E-state index in [1.165, 1.54) is 0 Å². The van der Waals surface area contributed by atoms with Gasteiger partial charge in [-0.1, -0.05) is 54.6 Å². The van der Waals surface area contributed by atoms with Gasteiger partial charge in [0.15, 0.2) is 6.61 Å². The highest BCUT2D eigenvalue weighted by atomic mass is 16.5. The number of hydrogen-bond acceptors (Lipinski definition) is 4. The van der Waals surface area contributed by atoms with Crippen LogP contribution in [0.5, 0.6) is 5.75 Å². The molecule has 1 N–H and O–H groups in total. The highest BCUT2D eigenvalue weighted by Crippen LogP contribution is 2.23. The zero-order chi connectivity index (χ0) is 19.1. The Bertz CT molecular complexity index is 952. The van der Waals surface area contributed by atoms with Crippen LogP contribution in [0.3, 0.4) is 0 Å². The quantitative estimate of drug-likeness (QED) is 0.645. The van der Waals surface area contributed by atoms with Crippen molar-refractivity contribution in [1.29, 1.82) is 0 Å². The summed E-state index contributed by atoms with van der Waals surface area (Å²) in [6.45, 7) is 2.02. The molecule has 0 aliphatic heterocycles. The van der Waals surface area contributed by atoms with Gasteiger partial charge in [0.2, 0.25) is 0 Å². The maximum Gasteiger partial charge on any atom is 0.310 e. The summed E-state index contributed by atoms with van der Waals surface area (Å²) in [6.07, 6.45) is 0.119. The maximum atomic E-state index is 12.1. The van der Waals surface area contributed by atoms with Gasteiger partial charge in [-0.3, -0.25) is 9.59 Å². The first-order chi connectivity index (χ1) is 13.2. The van der Waals surface area contributed by atoms with Crippen molar-refractivity contribution in [2.45, 2.75) is 13.3 Å². The fraction of sp³-hybridized carbons (Fsp3) is 0.182. The number of nitrogens with one attached hydrogen (secondary N) is 1. The average Bonchev–Trinajstić information content (AvgIpc) is 2.68. The van der Waals surface area contributed by atoms with Gasteiger partial charge >= 0.3 is 5.97 Å². The number of esters is 1. The van der Waals surface area contributed by atoms with Crippen LogP contribution in [-0.4, -0.2) is 25.1 Å². The molecular formula is C22H21NO4. The molecule has 0 saturated carbocycles. The van der Waals surface area contributed by atoms with Crippen molar-refractivity contribution >= 4 is 28.3 Å². The molecule has 0 fully saturated rings. The second-order valence-electron chi connectivity index (χ2n) is 6.00. The van der Waals surface area contributed by atoms with Gasteiger partial charge in [-0.05, 0) is 35.4 Å². The van der Waals surface area contributed by atoms with E-state index >= 15 is 0 Å². The molecule has 5 nitrogen and oxygen atoms in total. The summed E-state index contributed by atoms with van der Waals surface area (Å²) < 4.78 is 10.6. The van der Waals surface area contributed by atoms with Crippen LogP contribution in [0.2, 0.25) is 0 Å². The number of hydrogen-bond donors (Lipinski definition) is 1. The van der Waals surface area contributed by atoms with Crippen LogP contribution in [0.25, 0.3) is 10.8 Å². The number of rotatable bonds is 7. The van der Waals surface area contributed by atoms with Crippen molar-refractivity contribution in [2.24, 2.45) is 0 Å². The van der Waals surface area contributed by atoms with Crippen molar-refractivity contribution in [2.75, 3.05) is 18.5 Å². The monoisotopic (exact) mass is 363 g/mol. The molecule has 0 saturated heterocycles. The molecule has 0 atom stereocenters. The molecule has 3 aromatic rings. The molecule has 0 spiro atoms. The van der Waals surface area contributed by atoms with E-state index in [4.69, 9.17) is 9.47 Å². The first kappa shape index (κ1) is 18.5. The molecular weight excluding hydrogens is 342 g/mol. The number of anilines is 1. The van der Waals surface area contributed by atoms with Gasteiger partial charge in [0.25, 0.3) is 5.91 Å². The van der Waals surface area contributed by atoms with Crippen molar-refractivity contribution in [3.05, 3.63) is 72.3 Å². The molecule has 0 radical (unpaired) electrons. The normalized spacial score (nSPS) is 10.4. The topological polar surface area (TPSA) is 64.6 Å². The SMILES string of the molecule is CCOc1ccccc1NC(=O)COC(=O)Cc1ccc2ccccc2c1. The highest BCUT2D eigenvalue weighted by molar-refractivity contribution is 5.94. The summed E-state index contributed by atoms with van der Waals surface area (Å²) in [4.78, 5) is 24.1. The fourth-order valence-electron chi connectivity index (χ4n) is 2.75. The van der Waals surface area contributed by atoms with Crippen LogP contribution in [0.15, 0.2) is 66.7 Å². The standard InChI is InChI=1S/C22H21NO4/c1-2-26-20-10-6-5-9-19(20)23-21(24)15-27-22(25)14-16-11-12-17-7-3-4-8-18(17)13-16/h3-13H,2,14-15H2,1H3,(H,23,24). The maximum absolute atomic E-state index is 12.1. The predicted molar refractivity (Wildman–Crippen MR) is 105 cm³/mol. The Balaban J connectivity index is 1.53. The average molecular weight is 363 g/mol. The predicted octanol–water partition coefficient (Wildman–Crippen LogP) is 3.96. The van der Waals surface area contributed by atoms with Gasteiger partial charge in [-0.2, -0.15) is 0 Å². The van der Waals surface area contributed by atoms with Crippen molar-refractivity contribution in [3.8, 4) is 5.75 Å². The molecule has 0 bridgehead atoms. The summed E-state index contributed by atoms with van der Waals surface area (Å²) >= 11 is 0. The molecule has 1 amide bonds. The van der Waals surface area contributed by atoms with E-state index in [0.29, 0.717) is 18.0 Å². The Morgan fingerprint density at radius 2 is 1.67 bits per heavy atom. The van der Waals surface area contributed by atoms with Crippen LogP contribution >= 0.6 is 0 Å². The van der Waals surface area contributed by atoms with Crippen LogP contribution in [0.1, 0.15) is 12.5 Å². The lowest BCUT2D eigenvalue weighted by Crippen LogP contribution is -2.22. The van der Waals surface area contributed by atoms with Gasteiger partial charge in [0, 0.05) is 0 Å². The van der Waals surface area contributed by atoms with Crippen LogP contribution in [-0.2, 0) is 20.7 Å². The molecule has 0 aliphatic rings. The number of benzene rings is 3. The number of para-hydroxylation sites is 2. The van der Waals surface area contributed by atoms with Gasteiger partial charge in [0.05, 0.1) is 18.7 Å². The summed E-state index contributed by atoms with van der Waals surface area (Å²) in [7, 11) is 0. The largest absolute Gasteiger partial charge is 0.492 e. The van der Waals surface area contributed by atoms with Gasteiger partial charge < -0.3 is 14.8 Å². The molecule has 0 aliphatic carbocycles. The molecule has 0 heterocycles. The number of fused-ring (bicyclic) bond motifs is 1. The zero-order valence-electron chi connectivity index (χ0n) is 15.1. The Kier molecular flexibility index (Phi) is 6.05. The highest BCUT2D eigenvalue weighted by Gasteiger charge is 2.11. The lowest BCUT2D eigenvalue weighted by atomic mass is 10.1. The minimum atomic E-state index is -0.446. The number of ether oxygens (including phenoxy) is 2. The third-order valence-corrected chi connectivity index (χ3v) is 3.99. The minimum Gasteiger partial charge on any atom is -0.492 e. The summed E-state index contributed by atoms with van der Waals surface area (Å²) in [5.41, 5.74) is 1.40. The Labute approximate surface area is 157 Å². The summed E-state index contributed by atoms with van der Waals surface area (Å²) in [5, 5.41) is 4.87. The van der Waals surface area contributed by atoms with E-state index < -0.39 is 11.9 Å². The smallest absolute Gasteiger partial charge is 0.310 e. The van der Waals surface area contributed by atoms with E-state index in [1.807, 2.05) is 55.5 Å². The number of carbonyl (C=O) groups is 2. The fourth-order valence-corrected chi connectivity index (χ4v) is 2.75. The van der Waals surface area contributed by atoms with Crippen molar-refractivity contribution in [3.63, 3.8) is 0 Å². The molecule has 138 valence electrons. The second-order valence-corrected chi connectivity index (χ2v) is 6.00. The molecule has 0 unspecified atom stereocenters. The van der Waals surface area contributed by atoms with Crippen molar-refractivity contribution < 1.29 is 19.1 Å². The van der Waals surface area contributed by atoms with Gasteiger partial charge in [0.1, 0.15) is 5.75 Å². The van der Waals surface area contributed by atoms with Gasteiger partial charge in [-0.15, -0.1) is 0 Å². The number of carbonyl (C=O) groups excluding carboxylic acids is 2. The molecule has 3 rings (SSSR count). The zero-order valence-corrected chi connectivity index (χ0v) is 15.1. The summed E-state index contributed by atoms with van der Waals surface area (Å²) in [6, 6.07) is 20.9. The third-order valence-electron chi connectivity index (χ3n) is 3.99. The number of amides is 1. The summed E-state index contributed by atoms with van der Waals surface area (Å²) in [5.74, 6) is -0.275. The molecule has 27 heavy (non-hydrogen) atoms. The molecule has 5 heteroatoms. The van der Waals surface area contributed by atoms with Crippen LogP contribution < -0.4 is 10.1 Å². The van der Waals surface area contributed by atoms with E-state index in [9.17, 15) is 9.59 Å². The third kappa shape index (κ3) is 5.07. The van der Waals surface area contributed by atoms with E-state index in [-0.39, 0.29) is 13.0 Å². The lowest BCUT2D eigenvalue weighted by Gasteiger charge is -2.11. The van der Waals surface area contributed by atoms with E-state index in [2.05, 4.69) is 5.32 Å². The second kappa shape index (κ2) is 8.85. The minimum absolute atomic E-state index is 0.119. The van der Waals surface area contributed by atoms with Crippen molar-refractivity contribution in [1.82, 2.24) is 0 Å².